The molecule has 0 amide bonds. The summed E-state index contributed by atoms with van der Waals surface area (Å²) in [4.78, 5) is 0. The number of hydrogen-bond acceptors (Lipinski definition) is 0. The number of hydrogen-bond donors (Lipinski definition) is 0. The molecule has 0 aliphatic rings. The second-order valence-electron chi connectivity index (χ2n) is 3.28. The van der Waals surface area contributed by atoms with E-state index in [9.17, 15) is 13.2 Å². The van der Waals surface area contributed by atoms with E-state index in [0.29, 0.717) is 0 Å². The molecule has 3 heteroatoms. The molecule has 0 saturated heterocycles. The lowest BCUT2D eigenvalue weighted by atomic mass is 9.94. The maximum Gasteiger partial charge on any atom is 0.391 e. The van der Waals surface area contributed by atoms with Crippen LogP contribution in [0.25, 0.3) is 0 Å². The lowest BCUT2D eigenvalue weighted by Crippen LogP contribution is -2.23. The topological polar surface area (TPSA) is 0 Å². The van der Waals surface area contributed by atoms with Crippen molar-refractivity contribution in [3.63, 3.8) is 0 Å². The van der Waals surface area contributed by atoms with Crippen LogP contribution in [-0.4, -0.2) is 6.18 Å². The molecule has 0 saturated carbocycles. The maximum absolute atomic E-state index is 12.1. The van der Waals surface area contributed by atoms with E-state index in [1.54, 1.807) is 6.92 Å². The van der Waals surface area contributed by atoms with Crippen molar-refractivity contribution in [1.82, 2.24) is 0 Å². The molecule has 0 aliphatic carbocycles. The minimum absolute atomic E-state index is 0.126. The van der Waals surface area contributed by atoms with Gasteiger partial charge in [0.05, 0.1) is 5.92 Å². The van der Waals surface area contributed by atoms with Crippen LogP contribution in [0.2, 0.25) is 0 Å². The van der Waals surface area contributed by atoms with Gasteiger partial charge in [-0.05, 0) is 18.8 Å². The summed E-state index contributed by atoms with van der Waals surface area (Å²) < 4.78 is 36.2. The Morgan fingerprint density at radius 2 is 1.64 bits per heavy atom. The molecule has 1 unspecified atom stereocenters. The highest BCUT2D eigenvalue weighted by Crippen LogP contribution is 2.33. The van der Waals surface area contributed by atoms with E-state index < -0.39 is 12.1 Å². The summed E-state index contributed by atoms with van der Waals surface area (Å²) in [5.74, 6) is -0.982. The van der Waals surface area contributed by atoms with Gasteiger partial charge in [-0.1, -0.05) is 20.8 Å². The van der Waals surface area contributed by atoms with Gasteiger partial charge in [0.25, 0.3) is 0 Å². The zero-order valence-corrected chi connectivity index (χ0v) is 7.20. The van der Waals surface area contributed by atoms with Crippen molar-refractivity contribution in [2.24, 2.45) is 11.8 Å². The third-order valence-electron chi connectivity index (χ3n) is 1.71. The molecule has 0 radical (unpaired) electrons. The average Bonchev–Trinajstić information content (AvgIpc) is 1.79. The molecule has 0 fully saturated rings. The van der Waals surface area contributed by atoms with Gasteiger partial charge >= 0.3 is 6.18 Å². The van der Waals surface area contributed by atoms with E-state index in [-0.39, 0.29) is 18.8 Å². The second kappa shape index (κ2) is 3.98. The molecule has 0 aromatic rings. The Hall–Kier alpha value is -0.210. The Balaban J connectivity index is 3.96. The second-order valence-corrected chi connectivity index (χ2v) is 3.28. The predicted molar refractivity (Wildman–Crippen MR) is 39.3 cm³/mol. The van der Waals surface area contributed by atoms with E-state index >= 15 is 0 Å². The fourth-order valence-corrected chi connectivity index (χ4v) is 1.10. The highest BCUT2D eigenvalue weighted by molar-refractivity contribution is 4.67. The van der Waals surface area contributed by atoms with Crippen molar-refractivity contribution in [3.8, 4) is 0 Å². The molecule has 0 rings (SSSR count). The smallest absolute Gasteiger partial charge is 0.171 e. The van der Waals surface area contributed by atoms with Crippen LogP contribution in [0.4, 0.5) is 13.2 Å². The van der Waals surface area contributed by atoms with Gasteiger partial charge in [-0.25, -0.2) is 0 Å². The van der Waals surface area contributed by atoms with Gasteiger partial charge in [-0.2, -0.15) is 13.2 Å². The maximum atomic E-state index is 12.1. The first-order valence-corrected chi connectivity index (χ1v) is 3.94. The first-order valence-electron chi connectivity index (χ1n) is 3.94. The Morgan fingerprint density at radius 1 is 1.18 bits per heavy atom. The standard InChI is InChI=1S/C8H15F3/c1-4-7(5-6(2)3)8(9,10)11/h6-7H,4-5H2,1-3H3. The van der Waals surface area contributed by atoms with Crippen LogP contribution in [0.1, 0.15) is 33.6 Å². The van der Waals surface area contributed by atoms with Crippen LogP contribution in [-0.2, 0) is 0 Å². The van der Waals surface area contributed by atoms with Crippen molar-refractivity contribution in [3.05, 3.63) is 0 Å². The Kier molecular flexibility index (Phi) is 3.90. The lowest BCUT2D eigenvalue weighted by molar-refractivity contribution is -0.179. The summed E-state index contributed by atoms with van der Waals surface area (Å²) in [6.07, 6.45) is -3.55. The summed E-state index contributed by atoms with van der Waals surface area (Å²) in [5, 5.41) is 0. The monoisotopic (exact) mass is 168 g/mol. The SMILES string of the molecule is CCC(CC(C)C)C(F)(F)F. The molecule has 0 aliphatic heterocycles. The van der Waals surface area contributed by atoms with Crippen molar-refractivity contribution >= 4 is 0 Å². The molecule has 68 valence electrons. The quantitative estimate of drug-likeness (QED) is 0.603. The molecule has 0 aromatic carbocycles. The van der Waals surface area contributed by atoms with Crippen LogP contribution in [0.3, 0.4) is 0 Å². The van der Waals surface area contributed by atoms with Crippen molar-refractivity contribution in [2.75, 3.05) is 0 Å². The van der Waals surface area contributed by atoms with Gasteiger partial charge in [0.2, 0.25) is 0 Å². The highest BCUT2D eigenvalue weighted by Gasteiger charge is 2.37. The zero-order chi connectivity index (χ0) is 9.07. The number of rotatable bonds is 3. The highest BCUT2D eigenvalue weighted by atomic mass is 19.4. The van der Waals surface area contributed by atoms with E-state index in [0.717, 1.165) is 0 Å². The molecule has 1 atom stereocenters. The van der Waals surface area contributed by atoms with E-state index in [1.165, 1.54) is 0 Å². The molecule has 0 nitrogen and oxygen atoms in total. The van der Waals surface area contributed by atoms with Crippen LogP contribution in [0.5, 0.6) is 0 Å². The Morgan fingerprint density at radius 3 is 1.73 bits per heavy atom. The summed E-state index contributed by atoms with van der Waals surface area (Å²) in [7, 11) is 0. The fraction of sp³-hybridized carbons (Fsp3) is 1.00. The molecular weight excluding hydrogens is 153 g/mol. The third kappa shape index (κ3) is 4.27. The van der Waals surface area contributed by atoms with Crippen molar-refractivity contribution < 1.29 is 13.2 Å². The van der Waals surface area contributed by atoms with Crippen LogP contribution >= 0.6 is 0 Å². The van der Waals surface area contributed by atoms with Gasteiger partial charge in [-0.3, -0.25) is 0 Å². The van der Waals surface area contributed by atoms with Gasteiger partial charge in [0, 0.05) is 0 Å². The Bertz CT molecular complexity index is 104. The van der Waals surface area contributed by atoms with E-state index in [2.05, 4.69) is 0 Å². The van der Waals surface area contributed by atoms with Gasteiger partial charge in [0.1, 0.15) is 0 Å². The van der Waals surface area contributed by atoms with Crippen LogP contribution < -0.4 is 0 Å². The average molecular weight is 168 g/mol. The van der Waals surface area contributed by atoms with Crippen LogP contribution in [0.15, 0.2) is 0 Å². The number of alkyl halides is 3. The Labute approximate surface area is 65.8 Å². The first kappa shape index (κ1) is 10.8. The molecular formula is C8H15F3. The van der Waals surface area contributed by atoms with Crippen molar-refractivity contribution in [2.45, 2.75) is 39.8 Å². The summed E-state index contributed by atoms with van der Waals surface area (Å²) in [5.41, 5.74) is 0. The van der Waals surface area contributed by atoms with Crippen LogP contribution in [0, 0.1) is 11.8 Å². The normalized spacial score (nSPS) is 15.5. The summed E-state index contributed by atoms with van der Waals surface area (Å²) in [6, 6.07) is 0. The third-order valence-corrected chi connectivity index (χ3v) is 1.71. The lowest BCUT2D eigenvalue weighted by Gasteiger charge is -2.19. The molecule has 0 spiro atoms. The minimum Gasteiger partial charge on any atom is -0.171 e. The van der Waals surface area contributed by atoms with E-state index in [4.69, 9.17) is 0 Å². The molecule has 0 heterocycles. The molecule has 0 aromatic heterocycles. The molecule has 11 heavy (non-hydrogen) atoms. The summed E-state index contributed by atoms with van der Waals surface area (Å²) >= 11 is 0. The van der Waals surface area contributed by atoms with Gasteiger partial charge < -0.3 is 0 Å². The zero-order valence-electron chi connectivity index (χ0n) is 7.20. The largest absolute Gasteiger partial charge is 0.391 e. The first-order chi connectivity index (χ1) is 4.88. The van der Waals surface area contributed by atoms with E-state index in [1.807, 2.05) is 13.8 Å². The predicted octanol–water partition coefficient (Wildman–Crippen LogP) is 3.62. The van der Waals surface area contributed by atoms with Gasteiger partial charge in [0.15, 0.2) is 0 Å². The van der Waals surface area contributed by atoms with Crippen molar-refractivity contribution in [1.29, 1.82) is 0 Å². The number of halogens is 3. The fourth-order valence-electron chi connectivity index (χ4n) is 1.10. The van der Waals surface area contributed by atoms with Gasteiger partial charge in [-0.15, -0.1) is 0 Å². The minimum atomic E-state index is -4.00. The summed E-state index contributed by atoms with van der Waals surface area (Å²) in [6.45, 7) is 5.21. The molecule has 0 N–H and O–H groups in total. The molecule has 0 bridgehead atoms.